The van der Waals surface area contributed by atoms with E-state index in [-0.39, 0.29) is 17.1 Å². The first-order valence-electron chi connectivity index (χ1n) is 5.20. The van der Waals surface area contributed by atoms with E-state index >= 15 is 0 Å². The second kappa shape index (κ2) is 5.06. The van der Waals surface area contributed by atoms with Crippen LogP contribution < -0.4 is 5.73 Å². The lowest BCUT2D eigenvalue weighted by molar-refractivity contribution is 0.624. The topological polar surface area (TPSA) is 43.1 Å². The molecule has 0 aliphatic heterocycles. The van der Waals surface area contributed by atoms with Crippen molar-refractivity contribution < 1.29 is 8.60 Å². The van der Waals surface area contributed by atoms with E-state index < -0.39 is 10.8 Å². The molecule has 1 unspecified atom stereocenters. The molecule has 1 aromatic rings. The summed E-state index contributed by atoms with van der Waals surface area (Å²) in [5.41, 5.74) is 7.14. The number of benzene rings is 1. The molecule has 2 N–H and O–H groups in total. The van der Waals surface area contributed by atoms with E-state index in [1.807, 2.05) is 20.8 Å². The Balaban J connectivity index is 2.93. The monoisotopic (exact) mass is 243 g/mol. The maximum Gasteiger partial charge on any atom is 0.123 e. The summed E-state index contributed by atoms with van der Waals surface area (Å²) in [5, 5.41) is 0. The molecule has 0 aliphatic carbocycles. The minimum absolute atomic E-state index is 0.264. The minimum atomic E-state index is -0.985. The molecule has 0 amide bonds. The molecule has 1 atom stereocenters. The summed E-state index contributed by atoms with van der Waals surface area (Å²) in [5.74, 6) is 0.127. The lowest BCUT2D eigenvalue weighted by Crippen LogP contribution is -2.23. The van der Waals surface area contributed by atoms with Crippen LogP contribution in [0, 0.1) is 5.82 Å². The van der Waals surface area contributed by atoms with Gasteiger partial charge >= 0.3 is 0 Å². The SMILES string of the molecule is CC(C)(C)S(=O)Cc1ccc(F)cc1CN. The van der Waals surface area contributed by atoms with Crippen molar-refractivity contribution in [1.82, 2.24) is 0 Å². The van der Waals surface area contributed by atoms with Gasteiger partial charge in [0.2, 0.25) is 0 Å². The van der Waals surface area contributed by atoms with Crippen molar-refractivity contribution in [3.63, 3.8) is 0 Å². The van der Waals surface area contributed by atoms with Crippen LogP contribution in [0.2, 0.25) is 0 Å². The van der Waals surface area contributed by atoms with E-state index in [4.69, 9.17) is 5.73 Å². The molecule has 16 heavy (non-hydrogen) atoms. The molecule has 0 bridgehead atoms. The molecular formula is C12H18FNOS. The van der Waals surface area contributed by atoms with Crippen molar-refractivity contribution in [3.8, 4) is 0 Å². The third-order valence-electron chi connectivity index (χ3n) is 2.36. The quantitative estimate of drug-likeness (QED) is 0.885. The van der Waals surface area contributed by atoms with E-state index in [0.29, 0.717) is 5.75 Å². The lowest BCUT2D eigenvalue weighted by Gasteiger charge is -2.18. The fraction of sp³-hybridized carbons (Fsp3) is 0.500. The zero-order valence-corrected chi connectivity index (χ0v) is 10.7. The van der Waals surface area contributed by atoms with Crippen molar-refractivity contribution in [2.24, 2.45) is 5.73 Å². The smallest absolute Gasteiger partial charge is 0.123 e. The summed E-state index contributed by atoms with van der Waals surface area (Å²) < 4.78 is 24.7. The Kier molecular flexibility index (Phi) is 4.21. The highest BCUT2D eigenvalue weighted by atomic mass is 32.2. The van der Waals surface area contributed by atoms with E-state index in [9.17, 15) is 8.60 Å². The standard InChI is InChI=1S/C12H18FNOS/c1-12(2,3)16(15)8-9-4-5-11(13)6-10(9)7-14/h4-6H,7-8,14H2,1-3H3. The molecule has 0 aromatic heterocycles. The van der Waals surface area contributed by atoms with Gasteiger partial charge in [0, 0.05) is 27.8 Å². The maximum absolute atomic E-state index is 13.0. The zero-order valence-electron chi connectivity index (χ0n) is 9.92. The molecule has 4 heteroatoms. The van der Waals surface area contributed by atoms with Crippen molar-refractivity contribution in [3.05, 3.63) is 35.1 Å². The summed E-state index contributed by atoms with van der Waals surface area (Å²) in [4.78, 5) is 0. The third kappa shape index (κ3) is 3.39. The predicted octanol–water partition coefficient (Wildman–Crippen LogP) is 2.33. The molecule has 1 rings (SSSR count). The van der Waals surface area contributed by atoms with E-state index in [1.165, 1.54) is 12.1 Å². The Morgan fingerprint density at radius 1 is 1.31 bits per heavy atom. The van der Waals surface area contributed by atoms with Crippen LogP contribution in [0.3, 0.4) is 0 Å². The van der Waals surface area contributed by atoms with Gasteiger partial charge in [-0.15, -0.1) is 0 Å². The van der Waals surface area contributed by atoms with Crippen molar-refractivity contribution in [2.75, 3.05) is 0 Å². The van der Waals surface area contributed by atoms with Crippen LogP contribution in [0.1, 0.15) is 31.9 Å². The normalized spacial score (nSPS) is 13.8. The summed E-state index contributed by atoms with van der Waals surface area (Å²) in [6.07, 6.45) is 0. The van der Waals surface area contributed by atoms with Crippen LogP contribution in [0.15, 0.2) is 18.2 Å². The lowest BCUT2D eigenvalue weighted by atomic mass is 10.1. The largest absolute Gasteiger partial charge is 0.326 e. The number of nitrogens with two attached hydrogens (primary N) is 1. The Labute approximate surface area is 98.5 Å². The second-order valence-corrected chi connectivity index (χ2v) is 6.92. The van der Waals surface area contributed by atoms with Gasteiger partial charge in [0.15, 0.2) is 0 Å². The zero-order chi connectivity index (χ0) is 12.3. The first-order valence-corrected chi connectivity index (χ1v) is 6.52. The molecule has 0 saturated carbocycles. The van der Waals surface area contributed by atoms with Crippen LogP contribution >= 0.6 is 0 Å². The van der Waals surface area contributed by atoms with E-state index in [0.717, 1.165) is 11.1 Å². The predicted molar refractivity (Wildman–Crippen MR) is 65.9 cm³/mol. The Bertz CT molecular complexity index is 398. The van der Waals surface area contributed by atoms with Gasteiger partial charge in [-0.25, -0.2) is 4.39 Å². The van der Waals surface area contributed by atoms with Crippen LogP contribution in [0.5, 0.6) is 0 Å². The van der Waals surface area contributed by atoms with Crippen LogP contribution in [-0.2, 0) is 23.1 Å². The van der Waals surface area contributed by atoms with Gasteiger partial charge in [0.1, 0.15) is 5.82 Å². The molecule has 0 fully saturated rings. The average molecular weight is 243 g/mol. The summed E-state index contributed by atoms with van der Waals surface area (Å²) in [7, 11) is -0.985. The molecular weight excluding hydrogens is 225 g/mol. The first-order chi connectivity index (χ1) is 7.34. The Hall–Kier alpha value is -0.740. The van der Waals surface area contributed by atoms with Crippen molar-refractivity contribution in [1.29, 1.82) is 0 Å². The van der Waals surface area contributed by atoms with Crippen LogP contribution in [0.4, 0.5) is 4.39 Å². The van der Waals surface area contributed by atoms with Gasteiger partial charge < -0.3 is 5.73 Å². The molecule has 2 nitrogen and oxygen atoms in total. The molecule has 0 heterocycles. The summed E-state index contributed by atoms with van der Waals surface area (Å²) in [6, 6.07) is 4.46. The third-order valence-corrected chi connectivity index (χ3v) is 4.30. The molecule has 0 aliphatic rings. The molecule has 90 valence electrons. The summed E-state index contributed by atoms with van der Waals surface area (Å²) >= 11 is 0. The molecule has 0 radical (unpaired) electrons. The fourth-order valence-corrected chi connectivity index (χ4v) is 2.28. The van der Waals surface area contributed by atoms with Gasteiger partial charge in [-0.3, -0.25) is 4.21 Å². The van der Waals surface area contributed by atoms with Crippen LogP contribution in [-0.4, -0.2) is 8.96 Å². The Morgan fingerprint density at radius 2 is 1.94 bits per heavy atom. The molecule has 1 aromatic carbocycles. The van der Waals surface area contributed by atoms with Gasteiger partial charge in [-0.1, -0.05) is 6.07 Å². The van der Waals surface area contributed by atoms with Gasteiger partial charge in [0.05, 0.1) is 0 Å². The first kappa shape index (κ1) is 13.3. The van der Waals surface area contributed by atoms with Gasteiger partial charge in [-0.05, 0) is 44.0 Å². The van der Waals surface area contributed by atoms with E-state index in [2.05, 4.69) is 0 Å². The number of hydrogen-bond acceptors (Lipinski definition) is 2. The number of hydrogen-bond donors (Lipinski definition) is 1. The number of halogens is 1. The molecule has 0 spiro atoms. The number of rotatable bonds is 3. The average Bonchev–Trinajstić information content (AvgIpc) is 2.19. The molecule has 0 saturated heterocycles. The highest BCUT2D eigenvalue weighted by molar-refractivity contribution is 7.85. The highest BCUT2D eigenvalue weighted by Crippen LogP contribution is 2.19. The van der Waals surface area contributed by atoms with Crippen LogP contribution in [0.25, 0.3) is 0 Å². The summed E-state index contributed by atoms with van der Waals surface area (Å²) in [6.45, 7) is 6.05. The maximum atomic E-state index is 13.0. The van der Waals surface area contributed by atoms with Gasteiger partial charge in [-0.2, -0.15) is 0 Å². The highest BCUT2D eigenvalue weighted by Gasteiger charge is 2.20. The minimum Gasteiger partial charge on any atom is -0.326 e. The van der Waals surface area contributed by atoms with Crippen molar-refractivity contribution >= 4 is 10.8 Å². The second-order valence-electron chi connectivity index (χ2n) is 4.72. The fourth-order valence-electron chi connectivity index (χ4n) is 1.28. The van der Waals surface area contributed by atoms with Crippen molar-refractivity contribution in [2.45, 2.75) is 37.8 Å². The Morgan fingerprint density at radius 3 is 2.44 bits per heavy atom. The van der Waals surface area contributed by atoms with Gasteiger partial charge in [0.25, 0.3) is 0 Å². The van der Waals surface area contributed by atoms with E-state index in [1.54, 1.807) is 6.07 Å².